The molecule has 0 aromatic heterocycles. The van der Waals surface area contributed by atoms with E-state index in [9.17, 15) is 4.79 Å². The molecule has 0 amide bonds. The van der Waals surface area contributed by atoms with Gasteiger partial charge in [-0.3, -0.25) is 4.79 Å². The van der Waals surface area contributed by atoms with E-state index >= 15 is 0 Å². The molecule has 62 valence electrons. The minimum atomic E-state index is -0.185. The Labute approximate surface area is 62.5 Å². The fourth-order valence-corrected chi connectivity index (χ4v) is 0.348. The molecule has 0 aliphatic rings. The molecule has 0 bridgehead atoms. The molecule has 3 nitrogen and oxygen atoms in total. The van der Waals surface area contributed by atoms with Gasteiger partial charge in [0.2, 0.25) is 0 Å². The van der Waals surface area contributed by atoms with Crippen LogP contribution in [0, 0.1) is 0 Å². The molecule has 0 saturated carbocycles. The Bertz CT molecular complexity index is 74.0. The Kier molecular flexibility index (Phi) is 13.7. The summed E-state index contributed by atoms with van der Waals surface area (Å²) in [6.45, 7) is 4.55. The van der Waals surface area contributed by atoms with Crippen LogP contribution in [0.3, 0.4) is 0 Å². The number of methoxy groups -OCH3 is 1. The number of hydrogen-bond acceptors (Lipinski definition) is 3. The van der Waals surface area contributed by atoms with Crippen LogP contribution in [-0.2, 0) is 9.53 Å². The monoisotopic (exact) mass is 147 g/mol. The number of nitrogens with two attached hydrogens (primary N) is 1. The maximum atomic E-state index is 10.3. The van der Waals surface area contributed by atoms with Gasteiger partial charge in [-0.2, -0.15) is 0 Å². The van der Waals surface area contributed by atoms with Crippen molar-refractivity contribution in [3.05, 3.63) is 0 Å². The lowest BCUT2D eigenvalue weighted by atomic mass is 10.3. The zero-order valence-electron chi connectivity index (χ0n) is 7.02. The van der Waals surface area contributed by atoms with Gasteiger partial charge in [0, 0.05) is 6.42 Å². The molecule has 0 fully saturated rings. The molecule has 2 N–H and O–H groups in total. The lowest BCUT2D eigenvalue weighted by molar-refractivity contribution is -0.140. The van der Waals surface area contributed by atoms with Crippen LogP contribution in [0.25, 0.3) is 0 Å². The number of ether oxygens (including phenoxy) is 1. The third-order valence-electron chi connectivity index (χ3n) is 0.813. The Hall–Kier alpha value is -0.570. The molecule has 0 aromatic rings. The summed E-state index contributed by atoms with van der Waals surface area (Å²) in [5.74, 6) is -0.185. The first-order chi connectivity index (χ1) is 4.81. The summed E-state index contributed by atoms with van der Waals surface area (Å²) in [7, 11) is 1.37. The molecule has 0 saturated heterocycles. The van der Waals surface area contributed by atoms with Crippen molar-refractivity contribution in [1.29, 1.82) is 0 Å². The lowest BCUT2D eigenvalue weighted by Crippen LogP contribution is -2.05. The number of hydrogen-bond donors (Lipinski definition) is 1. The van der Waals surface area contributed by atoms with Crippen LogP contribution in [0.2, 0.25) is 0 Å². The molecule has 3 heteroatoms. The lowest BCUT2D eigenvalue weighted by Gasteiger charge is -1.93. The van der Waals surface area contributed by atoms with E-state index in [2.05, 4.69) is 4.74 Å². The molecule has 0 atom stereocenters. The summed E-state index contributed by atoms with van der Waals surface area (Å²) in [5, 5.41) is 0. The van der Waals surface area contributed by atoms with Gasteiger partial charge >= 0.3 is 5.97 Å². The average molecular weight is 147 g/mol. The molecule has 10 heavy (non-hydrogen) atoms. The van der Waals surface area contributed by atoms with Crippen molar-refractivity contribution >= 4 is 5.97 Å². The van der Waals surface area contributed by atoms with Crippen LogP contribution in [0.15, 0.2) is 0 Å². The smallest absolute Gasteiger partial charge is 0.305 e. The van der Waals surface area contributed by atoms with E-state index in [1.54, 1.807) is 0 Å². The second-order valence-corrected chi connectivity index (χ2v) is 1.47. The predicted octanol–water partition coefficient (Wildman–Crippen LogP) is 0.924. The quantitative estimate of drug-likeness (QED) is 0.604. The normalized spacial score (nSPS) is 7.60. The molecular formula is C7H17NO2. The maximum absolute atomic E-state index is 10.3. The molecule has 0 radical (unpaired) electrons. The van der Waals surface area contributed by atoms with E-state index in [1.165, 1.54) is 7.11 Å². The Morgan fingerprint density at radius 2 is 2.00 bits per heavy atom. The van der Waals surface area contributed by atoms with Gasteiger partial charge < -0.3 is 10.5 Å². The van der Waals surface area contributed by atoms with Gasteiger partial charge in [0.05, 0.1) is 7.11 Å². The molecule has 0 heterocycles. The van der Waals surface area contributed by atoms with E-state index in [0.717, 1.165) is 0 Å². The SMILES string of the molecule is CC.COC(=O)CCCN. The third-order valence-corrected chi connectivity index (χ3v) is 0.813. The van der Waals surface area contributed by atoms with Gasteiger partial charge in [0.1, 0.15) is 0 Å². The highest BCUT2D eigenvalue weighted by molar-refractivity contribution is 5.68. The van der Waals surface area contributed by atoms with Crippen molar-refractivity contribution in [2.45, 2.75) is 26.7 Å². The second-order valence-electron chi connectivity index (χ2n) is 1.47. The summed E-state index contributed by atoms with van der Waals surface area (Å²) < 4.78 is 4.36. The zero-order chi connectivity index (χ0) is 8.41. The van der Waals surface area contributed by atoms with Crippen molar-refractivity contribution in [2.75, 3.05) is 13.7 Å². The van der Waals surface area contributed by atoms with Crippen molar-refractivity contribution < 1.29 is 9.53 Å². The minimum Gasteiger partial charge on any atom is -0.469 e. The molecular weight excluding hydrogens is 130 g/mol. The number of carbonyl (C=O) groups excluding carboxylic acids is 1. The third kappa shape index (κ3) is 10.4. The fourth-order valence-electron chi connectivity index (χ4n) is 0.348. The van der Waals surface area contributed by atoms with Gasteiger partial charge in [0.15, 0.2) is 0 Å². The fraction of sp³-hybridized carbons (Fsp3) is 0.857. The van der Waals surface area contributed by atoms with E-state index in [4.69, 9.17) is 5.73 Å². The zero-order valence-corrected chi connectivity index (χ0v) is 7.02. The van der Waals surface area contributed by atoms with Gasteiger partial charge in [0.25, 0.3) is 0 Å². The predicted molar refractivity (Wildman–Crippen MR) is 41.7 cm³/mol. The number of esters is 1. The Morgan fingerprint density at radius 1 is 1.50 bits per heavy atom. The Morgan fingerprint density at radius 3 is 2.30 bits per heavy atom. The van der Waals surface area contributed by atoms with Crippen LogP contribution >= 0.6 is 0 Å². The van der Waals surface area contributed by atoms with Crippen LogP contribution in [0.1, 0.15) is 26.7 Å². The van der Waals surface area contributed by atoms with Gasteiger partial charge in [-0.15, -0.1) is 0 Å². The molecule has 0 aliphatic carbocycles. The highest BCUT2D eigenvalue weighted by atomic mass is 16.5. The van der Waals surface area contributed by atoms with E-state index in [0.29, 0.717) is 19.4 Å². The van der Waals surface area contributed by atoms with E-state index in [1.807, 2.05) is 13.8 Å². The first-order valence-electron chi connectivity index (χ1n) is 3.58. The van der Waals surface area contributed by atoms with Crippen LogP contribution in [0.5, 0.6) is 0 Å². The molecule has 0 aliphatic heterocycles. The summed E-state index contributed by atoms with van der Waals surface area (Å²) in [5.41, 5.74) is 5.12. The van der Waals surface area contributed by atoms with Crippen LogP contribution < -0.4 is 5.73 Å². The standard InChI is InChI=1S/C5H11NO2.C2H6/c1-8-5(7)3-2-4-6;1-2/h2-4,6H2,1H3;1-2H3. The minimum absolute atomic E-state index is 0.185. The maximum Gasteiger partial charge on any atom is 0.305 e. The molecule has 0 rings (SSSR count). The van der Waals surface area contributed by atoms with Crippen LogP contribution in [0.4, 0.5) is 0 Å². The number of rotatable bonds is 3. The average Bonchev–Trinajstić information content (AvgIpc) is 2.04. The van der Waals surface area contributed by atoms with E-state index in [-0.39, 0.29) is 5.97 Å². The van der Waals surface area contributed by atoms with E-state index < -0.39 is 0 Å². The molecule has 0 unspecified atom stereocenters. The molecule has 0 spiro atoms. The summed E-state index contributed by atoms with van der Waals surface area (Å²) >= 11 is 0. The van der Waals surface area contributed by atoms with Gasteiger partial charge in [-0.1, -0.05) is 13.8 Å². The van der Waals surface area contributed by atoms with Crippen molar-refractivity contribution in [3.63, 3.8) is 0 Å². The second kappa shape index (κ2) is 11.3. The van der Waals surface area contributed by atoms with Crippen LogP contribution in [-0.4, -0.2) is 19.6 Å². The van der Waals surface area contributed by atoms with Crippen molar-refractivity contribution in [3.8, 4) is 0 Å². The highest BCUT2D eigenvalue weighted by Gasteiger charge is 1.95. The topological polar surface area (TPSA) is 52.3 Å². The van der Waals surface area contributed by atoms with Gasteiger partial charge in [-0.25, -0.2) is 0 Å². The highest BCUT2D eigenvalue weighted by Crippen LogP contribution is 1.86. The van der Waals surface area contributed by atoms with Gasteiger partial charge in [-0.05, 0) is 13.0 Å². The Balaban J connectivity index is 0. The first kappa shape index (κ1) is 12.1. The summed E-state index contributed by atoms with van der Waals surface area (Å²) in [6, 6.07) is 0. The summed E-state index contributed by atoms with van der Waals surface area (Å²) in [6.07, 6.45) is 1.15. The largest absolute Gasteiger partial charge is 0.469 e. The van der Waals surface area contributed by atoms with Crippen molar-refractivity contribution in [1.82, 2.24) is 0 Å². The first-order valence-corrected chi connectivity index (χ1v) is 3.58. The number of carbonyl (C=O) groups is 1. The summed E-state index contributed by atoms with van der Waals surface area (Å²) in [4.78, 5) is 10.3. The molecule has 0 aromatic carbocycles. The van der Waals surface area contributed by atoms with Crippen molar-refractivity contribution in [2.24, 2.45) is 5.73 Å².